The summed E-state index contributed by atoms with van der Waals surface area (Å²) >= 11 is 0. The van der Waals surface area contributed by atoms with Gasteiger partial charge < -0.3 is 18.9 Å². The Morgan fingerprint density at radius 1 is 1.04 bits per heavy atom. The molecule has 0 aromatic heterocycles. The van der Waals surface area contributed by atoms with Gasteiger partial charge in [-0.1, -0.05) is 26.2 Å². The Hall–Kier alpha value is -0.670. The number of unbranched alkanes of at least 4 members (excludes halogenated alkanes) is 2. The van der Waals surface area contributed by atoms with Gasteiger partial charge in [-0.25, -0.2) is 0 Å². The van der Waals surface area contributed by atoms with Gasteiger partial charge in [-0.05, 0) is 34.1 Å². The van der Waals surface area contributed by atoms with E-state index in [9.17, 15) is 5.26 Å². The van der Waals surface area contributed by atoms with E-state index in [0.29, 0.717) is 13.0 Å². The summed E-state index contributed by atoms with van der Waals surface area (Å²) in [6.45, 7) is 10.5. The molecule has 0 bridgehead atoms. The highest BCUT2D eigenvalue weighted by Gasteiger charge is 2.45. The molecule has 0 aliphatic carbocycles. The zero-order chi connectivity index (χ0) is 17.1. The van der Waals surface area contributed by atoms with E-state index in [1.807, 2.05) is 27.7 Å². The minimum atomic E-state index is -0.746. The molecule has 2 heterocycles. The van der Waals surface area contributed by atoms with Crippen molar-refractivity contribution in [1.29, 1.82) is 5.26 Å². The predicted molar refractivity (Wildman–Crippen MR) is 86.6 cm³/mol. The number of ether oxygens (including phenoxy) is 4. The normalized spacial score (nSPS) is 36.3. The highest BCUT2D eigenvalue weighted by atomic mass is 16.7. The molecule has 2 fully saturated rings. The summed E-state index contributed by atoms with van der Waals surface area (Å²) in [6, 6.07) is 2.23. The molecule has 5 heteroatoms. The third kappa shape index (κ3) is 5.15. The molecule has 0 radical (unpaired) electrons. The fraction of sp³-hybridized carbons (Fsp3) is 0.944. The molecule has 132 valence electrons. The first-order valence-corrected chi connectivity index (χ1v) is 8.83. The van der Waals surface area contributed by atoms with Crippen molar-refractivity contribution in [2.24, 2.45) is 5.92 Å². The van der Waals surface area contributed by atoms with Crippen molar-refractivity contribution in [2.45, 2.75) is 96.6 Å². The van der Waals surface area contributed by atoms with E-state index in [1.165, 1.54) is 12.8 Å². The van der Waals surface area contributed by atoms with Crippen LogP contribution < -0.4 is 0 Å². The first kappa shape index (κ1) is 18.7. The van der Waals surface area contributed by atoms with Gasteiger partial charge in [-0.2, -0.15) is 5.26 Å². The summed E-state index contributed by atoms with van der Waals surface area (Å²) in [5, 5.41) is 9.27. The third-order valence-electron chi connectivity index (χ3n) is 4.56. The smallest absolute Gasteiger partial charge is 0.164 e. The summed E-state index contributed by atoms with van der Waals surface area (Å²) in [5.74, 6) is -1.16. The van der Waals surface area contributed by atoms with Gasteiger partial charge in [-0.3, -0.25) is 0 Å². The van der Waals surface area contributed by atoms with Gasteiger partial charge in [0.15, 0.2) is 11.6 Å². The van der Waals surface area contributed by atoms with Gasteiger partial charge in [0.1, 0.15) is 6.10 Å². The molecule has 0 aromatic carbocycles. The third-order valence-corrected chi connectivity index (χ3v) is 4.56. The van der Waals surface area contributed by atoms with Crippen LogP contribution in [-0.2, 0) is 18.9 Å². The van der Waals surface area contributed by atoms with Gasteiger partial charge >= 0.3 is 0 Å². The van der Waals surface area contributed by atoms with Gasteiger partial charge in [0.25, 0.3) is 0 Å². The van der Waals surface area contributed by atoms with Crippen molar-refractivity contribution in [2.75, 3.05) is 6.61 Å². The van der Waals surface area contributed by atoms with Crippen LogP contribution in [0.2, 0.25) is 0 Å². The van der Waals surface area contributed by atoms with E-state index in [-0.39, 0.29) is 18.1 Å². The van der Waals surface area contributed by atoms with Gasteiger partial charge in [-0.15, -0.1) is 0 Å². The average Bonchev–Trinajstić information content (AvgIpc) is 2.45. The maximum absolute atomic E-state index is 9.27. The Morgan fingerprint density at radius 2 is 1.78 bits per heavy atom. The highest BCUT2D eigenvalue weighted by Crippen LogP contribution is 2.37. The molecule has 2 aliphatic rings. The molecule has 4 atom stereocenters. The van der Waals surface area contributed by atoms with E-state index >= 15 is 0 Å². The number of hydrogen-bond acceptors (Lipinski definition) is 5. The van der Waals surface area contributed by atoms with Crippen molar-refractivity contribution >= 4 is 0 Å². The first-order chi connectivity index (χ1) is 10.8. The minimum Gasteiger partial charge on any atom is -0.350 e. The fourth-order valence-corrected chi connectivity index (χ4v) is 3.49. The van der Waals surface area contributed by atoms with Gasteiger partial charge in [0.2, 0.25) is 0 Å². The van der Waals surface area contributed by atoms with Gasteiger partial charge in [0, 0.05) is 12.3 Å². The number of nitrogens with zero attached hydrogens (tertiary/aromatic N) is 1. The van der Waals surface area contributed by atoms with Crippen LogP contribution >= 0.6 is 0 Å². The molecule has 0 saturated carbocycles. The second-order valence-corrected chi connectivity index (χ2v) is 7.55. The summed E-state index contributed by atoms with van der Waals surface area (Å²) in [7, 11) is 0. The first-order valence-electron chi connectivity index (χ1n) is 8.83. The predicted octanol–water partition coefficient (Wildman–Crippen LogP) is 3.77. The molecule has 2 aliphatic heterocycles. The number of nitriles is 1. The van der Waals surface area contributed by atoms with E-state index in [2.05, 4.69) is 13.0 Å². The SMILES string of the molecule is CCCCC[C@H]1OC(C)(C)OC[C@H]1[C@@H]1CC(C#N)OC(C)(C)O1. The van der Waals surface area contributed by atoms with Crippen LogP contribution in [0.15, 0.2) is 0 Å². The molecule has 23 heavy (non-hydrogen) atoms. The molecule has 0 aromatic rings. The van der Waals surface area contributed by atoms with E-state index < -0.39 is 17.7 Å². The lowest BCUT2D eigenvalue weighted by Gasteiger charge is -2.48. The molecule has 0 N–H and O–H groups in total. The Morgan fingerprint density at radius 3 is 2.43 bits per heavy atom. The van der Waals surface area contributed by atoms with Crippen LogP contribution in [0.3, 0.4) is 0 Å². The van der Waals surface area contributed by atoms with Crippen molar-refractivity contribution in [3.05, 3.63) is 0 Å². The molecule has 0 spiro atoms. The second kappa shape index (κ2) is 7.48. The fourth-order valence-electron chi connectivity index (χ4n) is 3.49. The monoisotopic (exact) mass is 325 g/mol. The molecular weight excluding hydrogens is 294 g/mol. The molecule has 5 nitrogen and oxygen atoms in total. The molecule has 2 saturated heterocycles. The summed E-state index contributed by atoms with van der Waals surface area (Å²) in [6.07, 6.45) is 4.70. The van der Waals surface area contributed by atoms with Crippen LogP contribution in [0.25, 0.3) is 0 Å². The Bertz CT molecular complexity index is 429. The lowest BCUT2D eigenvalue weighted by molar-refractivity contribution is -0.343. The number of hydrogen-bond donors (Lipinski definition) is 0. The molecule has 2 rings (SSSR count). The summed E-state index contributed by atoms with van der Waals surface area (Å²) < 4.78 is 23.8. The van der Waals surface area contributed by atoms with Crippen LogP contribution in [0.1, 0.15) is 66.7 Å². The average molecular weight is 325 g/mol. The maximum atomic E-state index is 9.27. The molecule has 1 unspecified atom stereocenters. The minimum absolute atomic E-state index is 0.0777. The lowest BCUT2D eigenvalue weighted by Crippen LogP contribution is -2.55. The van der Waals surface area contributed by atoms with Crippen molar-refractivity contribution in [3.63, 3.8) is 0 Å². The quantitative estimate of drug-likeness (QED) is 0.720. The zero-order valence-corrected chi connectivity index (χ0v) is 15.1. The standard InChI is InChI=1S/C18H31NO4/c1-6-7-8-9-15-14(12-20-17(2,3)22-15)16-10-13(11-19)21-18(4,5)23-16/h13-16H,6-10,12H2,1-5H3/t13?,14-,15-,16+/m1/s1. The lowest BCUT2D eigenvalue weighted by atomic mass is 9.87. The Balaban J connectivity index is 2.08. The summed E-state index contributed by atoms with van der Waals surface area (Å²) in [4.78, 5) is 0. The maximum Gasteiger partial charge on any atom is 0.164 e. The Kier molecular flexibility index (Phi) is 6.07. The van der Waals surface area contributed by atoms with E-state index in [0.717, 1.165) is 12.8 Å². The topological polar surface area (TPSA) is 60.7 Å². The second-order valence-electron chi connectivity index (χ2n) is 7.55. The van der Waals surface area contributed by atoms with Crippen molar-refractivity contribution < 1.29 is 18.9 Å². The van der Waals surface area contributed by atoms with Crippen LogP contribution in [0, 0.1) is 17.2 Å². The van der Waals surface area contributed by atoms with Crippen LogP contribution in [-0.4, -0.2) is 36.5 Å². The van der Waals surface area contributed by atoms with Crippen LogP contribution in [0.4, 0.5) is 0 Å². The summed E-state index contributed by atoms with van der Waals surface area (Å²) in [5.41, 5.74) is 0. The van der Waals surface area contributed by atoms with E-state index in [4.69, 9.17) is 18.9 Å². The largest absolute Gasteiger partial charge is 0.350 e. The highest BCUT2D eigenvalue weighted by molar-refractivity contribution is 4.95. The van der Waals surface area contributed by atoms with Crippen molar-refractivity contribution in [3.8, 4) is 6.07 Å². The Labute approximate surface area is 140 Å². The molecular formula is C18H31NO4. The zero-order valence-electron chi connectivity index (χ0n) is 15.1. The van der Waals surface area contributed by atoms with E-state index in [1.54, 1.807) is 0 Å². The van der Waals surface area contributed by atoms with Gasteiger partial charge in [0.05, 0.1) is 24.9 Å². The molecule has 0 amide bonds. The van der Waals surface area contributed by atoms with Crippen LogP contribution in [0.5, 0.6) is 0 Å². The number of rotatable bonds is 5. The van der Waals surface area contributed by atoms with Crippen molar-refractivity contribution in [1.82, 2.24) is 0 Å².